The molecule has 0 heterocycles. The molecule has 1 aromatic carbocycles. The molecule has 0 aliphatic heterocycles. The zero-order chi connectivity index (χ0) is 15.5. The van der Waals surface area contributed by atoms with Gasteiger partial charge in [0.15, 0.2) is 11.5 Å². The highest BCUT2D eigenvalue weighted by molar-refractivity contribution is 5.48. The molecule has 21 heavy (non-hydrogen) atoms. The Morgan fingerprint density at radius 1 is 0.952 bits per heavy atom. The van der Waals surface area contributed by atoms with E-state index in [0.717, 1.165) is 12.8 Å². The Bertz CT molecular complexity index is 390. The minimum Gasteiger partial charge on any atom is -0.504 e. The fourth-order valence-corrected chi connectivity index (χ4v) is 2.45. The molecule has 1 atom stereocenters. The average molecular weight is 294 g/mol. The van der Waals surface area contributed by atoms with Crippen molar-refractivity contribution in [3.05, 3.63) is 18.2 Å². The molecule has 0 fully saturated rings. The van der Waals surface area contributed by atoms with Gasteiger partial charge in [-0.25, -0.2) is 0 Å². The van der Waals surface area contributed by atoms with Crippen LogP contribution in [0.3, 0.4) is 0 Å². The number of phenols is 2. The molecule has 3 heteroatoms. The van der Waals surface area contributed by atoms with E-state index in [-0.39, 0.29) is 17.6 Å². The molecule has 0 aliphatic carbocycles. The highest BCUT2D eigenvalue weighted by Crippen LogP contribution is 2.35. The summed E-state index contributed by atoms with van der Waals surface area (Å²) in [5.41, 5.74) is 0. The second-order valence-electron chi connectivity index (χ2n) is 5.82. The number of benzene rings is 1. The Morgan fingerprint density at radius 3 is 2.24 bits per heavy atom. The zero-order valence-corrected chi connectivity index (χ0v) is 13.5. The summed E-state index contributed by atoms with van der Waals surface area (Å²) in [5, 5.41) is 19.1. The molecule has 0 bridgehead atoms. The molecule has 0 amide bonds. The molecule has 1 unspecified atom stereocenters. The Balaban J connectivity index is 2.11. The summed E-state index contributed by atoms with van der Waals surface area (Å²) in [4.78, 5) is 0. The number of unbranched alkanes of at least 4 members (excludes halogenated alkanes) is 7. The van der Waals surface area contributed by atoms with Crippen LogP contribution < -0.4 is 4.74 Å². The number of rotatable bonds is 11. The van der Waals surface area contributed by atoms with Gasteiger partial charge in [0.05, 0.1) is 6.10 Å². The first-order valence-electron chi connectivity index (χ1n) is 8.32. The molecule has 0 saturated carbocycles. The summed E-state index contributed by atoms with van der Waals surface area (Å²) in [6.07, 6.45) is 11.4. The lowest BCUT2D eigenvalue weighted by atomic mass is 10.1. The van der Waals surface area contributed by atoms with E-state index in [9.17, 15) is 10.2 Å². The first-order valence-corrected chi connectivity index (χ1v) is 8.32. The predicted molar refractivity (Wildman–Crippen MR) is 87.1 cm³/mol. The van der Waals surface area contributed by atoms with Gasteiger partial charge in [-0.1, -0.05) is 57.9 Å². The molecule has 3 nitrogen and oxygen atoms in total. The zero-order valence-electron chi connectivity index (χ0n) is 13.5. The summed E-state index contributed by atoms with van der Waals surface area (Å²) in [5.74, 6) is 0.0640. The third-order valence-electron chi connectivity index (χ3n) is 3.77. The van der Waals surface area contributed by atoms with Crippen LogP contribution in [0.1, 0.15) is 71.6 Å². The Hall–Kier alpha value is -1.38. The highest BCUT2D eigenvalue weighted by atomic mass is 16.5. The van der Waals surface area contributed by atoms with Crippen molar-refractivity contribution in [1.29, 1.82) is 0 Å². The number of hydrogen-bond donors (Lipinski definition) is 2. The Morgan fingerprint density at radius 2 is 1.57 bits per heavy atom. The third kappa shape index (κ3) is 7.26. The molecular weight excluding hydrogens is 264 g/mol. The molecular formula is C18H30O3. The van der Waals surface area contributed by atoms with E-state index in [1.54, 1.807) is 12.1 Å². The standard InChI is InChI=1S/C18H30O3/c1-3-4-5-6-7-8-9-10-12-15(2)21-17-14-11-13-16(19)18(17)20/h11,13-15,19-20H,3-10,12H2,1-2H3. The van der Waals surface area contributed by atoms with Crippen LogP contribution in [0.25, 0.3) is 0 Å². The normalized spacial score (nSPS) is 12.3. The molecule has 0 saturated heterocycles. The van der Waals surface area contributed by atoms with Crippen molar-refractivity contribution in [2.75, 3.05) is 0 Å². The van der Waals surface area contributed by atoms with Gasteiger partial charge >= 0.3 is 0 Å². The minimum absolute atomic E-state index is 0.0535. The number of para-hydroxylation sites is 1. The van der Waals surface area contributed by atoms with Crippen LogP contribution in [0.15, 0.2) is 18.2 Å². The van der Waals surface area contributed by atoms with Gasteiger partial charge < -0.3 is 14.9 Å². The summed E-state index contributed by atoms with van der Waals surface area (Å²) in [6, 6.07) is 4.80. The summed E-state index contributed by atoms with van der Waals surface area (Å²) in [6.45, 7) is 4.25. The lowest BCUT2D eigenvalue weighted by Gasteiger charge is -2.15. The molecule has 120 valence electrons. The van der Waals surface area contributed by atoms with E-state index in [0.29, 0.717) is 5.75 Å². The van der Waals surface area contributed by atoms with Crippen molar-refractivity contribution in [2.45, 2.75) is 77.7 Å². The van der Waals surface area contributed by atoms with E-state index in [4.69, 9.17) is 4.74 Å². The van der Waals surface area contributed by atoms with Crippen LogP contribution >= 0.6 is 0 Å². The van der Waals surface area contributed by atoms with Gasteiger partial charge in [0.25, 0.3) is 0 Å². The summed E-state index contributed by atoms with van der Waals surface area (Å²) < 4.78 is 5.68. The van der Waals surface area contributed by atoms with Crippen LogP contribution in [0.4, 0.5) is 0 Å². The highest BCUT2D eigenvalue weighted by Gasteiger charge is 2.10. The first-order chi connectivity index (χ1) is 10.1. The molecule has 1 aromatic rings. The lowest BCUT2D eigenvalue weighted by Crippen LogP contribution is -2.11. The quantitative estimate of drug-likeness (QED) is 0.424. The maximum absolute atomic E-state index is 9.68. The van der Waals surface area contributed by atoms with Crippen LogP contribution in [-0.2, 0) is 0 Å². The Kier molecular flexibility index (Phi) is 8.72. The van der Waals surface area contributed by atoms with Crippen molar-refractivity contribution in [3.63, 3.8) is 0 Å². The van der Waals surface area contributed by atoms with Gasteiger partial charge in [-0.3, -0.25) is 0 Å². The van der Waals surface area contributed by atoms with Crippen LogP contribution in [0, 0.1) is 0 Å². The fraction of sp³-hybridized carbons (Fsp3) is 0.667. The number of phenolic OH excluding ortho intramolecular Hbond substituents is 2. The van der Waals surface area contributed by atoms with Crippen LogP contribution in [0.5, 0.6) is 17.2 Å². The topological polar surface area (TPSA) is 49.7 Å². The van der Waals surface area contributed by atoms with E-state index in [1.807, 2.05) is 6.92 Å². The van der Waals surface area contributed by atoms with Crippen molar-refractivity contribution in [2.24, 2.45) is 0 Å². The second-order valence-corrected chi connectivity index (χ2v) is 5.82. The molecule has 0 radical (unpaired) electrons. The van der Waals surface area contributed by atoms with Crippen molar-refractivity contribution in [1.82, 2.24) is 0 Å². The van der Waals surface area contributed by atoms with E-state index < -0.39 is 0 Å². The maximum atomic E-state index is 9.68. The molecule has 0 spiro atoms. The SMILES string of the molecule is CCCCCCCCCCC(C)Oc1cccc(O)c1O. The molecule has 1 rings (SSSR count). The van der Waals surface area contributed by atoms with Crippen LogP contribution in [-0.4, -0.2) is 16.3 Å². The predicted octanol–water partition coefficient (Wildman–Crippen LogP) is 5.40. The number of ether oxygens (including phenoxy) is 1. The number of aromatic hydroxyl groups is 2. The smallest absolute Gasteiger partial charge is 0.200 e. The van der Waals surface area contributed by atoms with E-state index in [2.05, 4.69) is 6.92 Å². The van der Waals surface area contributed by atoms with Gasteiger partial charge in [-0.15, -0.1) is 0 Å². The lowest BCUT2D eigenvalue weighted by molar-refractivity contribution is 0.197. The minimum atomic E-state index is -0.166. The molecule has 0 aliphatic rings. The third-order valence-corrected chi connectivity index (χ3v) is 3.77. The average Bonchev–Trinajstić information content (AvgIpc) is 2.47. The Labute approximate surface area is 129 Å². The van der Waals surface area contributed by atoms with Crippen LogP contribution in [0.2, 0.25) is 0 Å². The summed E-state index contributed by atoms with van der Waals surface area (Å²) >= 11 is 0. The summed E-state index contributed by atoms with van der Waals surface area (Å²) in [7, 11) is 0. The van der Waals surface area contributed by atoms with Gasteiger partial charge in [0.2, 0.25) is 5.75 Å². The van der Waals surface area contributed by atoms with Gasteiger partial charge in [0.1, 0.15) is 0 Å². The number of hydrogen-bond acceptors (Lipinski definition) is 3. The van der Waals surface area contributed by atoms with Gasteiger partial charge in [0, 0.05) is 0 Å². The largest absolute Gasteiger partial charge is 0.504 e. The second kappa shape index (κ2) is 10.4. The monoisotopic (exact) mass is 294 g/mol. The van der Waals surface area contributed by atoms with Crippen molar-refractivity contribution < 1.29 is 14.9 Å². The van der Waals surface area contributed by atoms with Gasteiger partial charge in [-0.05, 0) is 31.9 Å². The maximum Gasteiger partial charge on any atom is 0.200 e. The fourth-order valence-electron chi connectivity index (χ4n) is 2.45. The van der Waals surface area contributed by atoms with Gasteiger partial charge in [-0.2, -0.15) is 0 Å². The van der Waals surface area contributed by atoms with E-state index >= 15 is 0 Å². The van der Waals surface area contributed by atoms with Crippen molar-refractivity contribution >= 4 is 0 Å². The molecule has 2 N–H and O–H groups in total. The molecule has 0 aromatic heterocycles. The first kappa shape index (κ1) is 17.7. The van der Waals surface area contributed by atoms with E-state index in [1.165, 1.54) is 51.0 Å². The van der Waals surface area contributed by atoms with Crippen molar-refractivity contribution in [3.8, 4) is 17.2 Å².